The zero-order valence-corrected chi connectivity index (χ0v) is 16.0. The smallest absolute Gasteiger partial charge is 0.325 e. The van der Waals surface area contributed by atoms with Crippen molar-refractivity contribution in [2.45, 2.75) is 38.6 Å². The lowest BCUT2D eigenvalue weighted by molar-refractivity contribution is -0.137. The van der Waals surface area contributed by atoms with Gasteiger partial charge in [0.05, 0.1) is 0 Å². The number of likely N-dealkylation sites (N-methyl/N-ethyl adjacent to an activating group) is 1. The highest BCUT2D eigenvalue weighted by Crippen LogP contribution is 2.37. The van der Waals surface area contributed by atoms with Crippen molar-refractivity contribution < 1.29 is 23.9 Å². The van der Waals surface area contributed by atoms with Gasteiger partial charge in [0.2, 0.25) is 12.7 Å². The Bertz CT molecular complexity index is 881. The van der Waals surface area contributed by atoms with E-state index in [9.17, 15) is 14.4 Å². The van der Waals surface area contributed by atoms with Gasteiger partial charge in [-0.05, 0) is 50.8 Å². The van der Waals surface area contributed by atoms with Crippen molar-refractivity contribution in [2.24, 2.45) is 0 Å². The Morgan fingerprint density at radius 2 is 2.07 bits per heavy atom. The number of carbonyl (C=O) groups excluding carboxylic acids is 3. The standard InChI is InChI=1S/C20H23N3O5/c1-3-22(14-6-4-5-7-14)17(24)11-23-18(25)20(2,21-19(23)26)13-8-9-15-16(10-13)28-12-27-15/h6,8-10H,3-5,7,11-12H2,1-2H3,(H,21,26). The van der Waals surface area contributed by atoms with Crippen LogP contribution in [-0.2, 0) is 15.1 Å². The lowest BCUT2D eigenvalue weighted by Gasteiger charge is -2.25. The third-order valence-corrected chi connectivity index (χ3v) is 5.50. The Morgan fingerprint density at radius 3 is 2.79 bits per heavy atom. The Hall–Kier alpha value is -3.03. The second-order valence-corrected chi connectivity index (χ2v) is 7.24. The maximum absolute atomic E-state index is 13.1. The van der Waals surface area contributed by atoms with Gasteiger partial charge in [-0.25, -0.2) is 4.79 Å². The third-order valence-electron chi connectivity index (χ3n) is 5.50. The molecule has 1 aliphatic carbocycles. The molecule has 8 heteroatoms. The number of rotatable bonds is 5. The van der Waals surface area contributed by atoms with Crippen molar-refractivity contribution in [3.8, 4) is 11.5 Å². The summed E-state index contributed by atoms with van der Waals surface area (Å²) in [6.07, 6.45) is 4.85. The highest BCUT2D eigenvalue weighted by Gasteiger charge is 2.50. The second-order valence-electron chi connectivity index (χ2n) is 7.24. The van der Waals surface area contributed by atoms with Crippen LogP contribution in [0.5, 0.6) is 11.5 Å². The number of imide groups is 1. The molecule has 1 aromatic rings. The maximum atomic E-state index is 13.1. The van der Waals surface area contributed by atoms with E-state index in [1.54, 1.807) is 30.0 Å². The van der Waals surface area contributed by atoms with Gasteiger partial charge in [0.15, 0.2) is 11.5 Å². The first-order chi connectivity index (χ1) is 13.4. The molecule has 2 heterocycles. The summed E-state index contributed by atoms with van der Waals surface area (Å²) in [6.45, 7) is 3.87. The van der Waals surface area contributed by atoms with E-state index < -0.39 is 17.5 Å². The van der Waals surface area contributed by atoms with Crippen LogP contribution in [0.25, 0.3) is 0 Å². The van der Waals surface area contributed by atoms with Gasteiger partial charge in [0.1, 0.15) is 12.1 Å². The zero-order valence-electron chi connectivity index (χ0n) is 16.0. The van der Waals surface area contributed by atoms with Crippen molar-refractivity contribution in [2.75, 3.05) is 19.9 Å². The van der Waals surface area contributed by atoms with E-state index in [4.69, 9.17) is 9.47 Å². The number of hydrogen-bond acceptors (Lipinski definition) is 5. The molecule has 1 saturated heterocycles. The lowest BCUT2D eigenvalue weighted by Crippen LogP contribution is -2.44. The summed E-state index contributed by atoms with van der Waals surface area (Å²) in [5.74, 6) is 0.412. The highest BCUT2D eigenvalue weighted by atomic mass is 16.7. The van der Waals surface area contributed by atoms with E-state index in [0.29, 0.717) is 23.6 Å². The number of ether oxygens (including phenoxy) is 2. The van der Waals surface area contributed by atoms with Gasteiger partial charge in [-0.2, -0.15) is 0 Å². The molecule has 0 aromatic heterocycles. The molecule has 4 amide bonds. The summed E-state index contributed by atoms with van der Waals surface area (Å²) in [5.41, 5.74) is 0.288. The Labute approximate surface area is 163 Å². The number of urea groups is 1. The molecular formula is C20H23N3O5. The summed E-state index contributed by atoms with van der Waals surface area (Å²) in [4.78, 5) is 41.1. The number of carbonyl (C=O) groups is 3. The number of fused-ring (bicyclic) bond motifs is 1. The zero-order chi connectivity index (χ0) is 19.9. The van der Waals surface area contributed by atoms with E-state index in [1.165, 1.54) is 0 Å². The number of hydrogen-bond donors (Lipinski definition) is 1. The fraction of sp³-hybridized carbons (Fsp3) is 0.450. The predicted octanol–water partition coefficient (Wildman–Crippen LogP) is 2.10. The highest BCUT2D eigenvalue weighted by molar-refractivity contribution is 6.09. The van der Waals surface area contributed by atoms with Gasteiger partial charge in [0, 0.05) is 12.2 Å². The fourth-order valence-electron chi connectivity index (χ4n) is 3.90. The van der Waals surface area contributed by atoms with Crippen molar-refractivity contribution in [1.82, 2.24) is 15.1 Å². The maximum Gasteiger partial charge on any atom is 0.325 e. The van der Waals surface area contributed by atoms with Crippen molar-refractivity contribution in [1.29, 1.82) is 0 Å². The second kappa shape index (κ2) is 6.85. The van der Waals surface area contributed by atoms with Gasteiger partial charge in [0.25, 0.3) is 5.91 Å². The van der Waals surface area contributed by atoms with Crippen LogP contribution < -0.4 is 14.8 Å². The normalized spacial score (nSPS) is 23.1. The molecular weight excluding hydrogens is 362 g/mol. The van der Waals surface area contributed by atoms with Crippen LogP contribution in [-0.4, -0.2) is 47.5 Å². The van der Waals surface area contributed by atoms with Gasteiger partial charge >= 0.3 is 6.03 Å². The Kier molecular flexibility index (Phi) is 4.49. The average molecular weight is 385 g/mol. The van der Waals surface area contributed by atoms with Crippen LogP contribution in [0.1, 0.15) is 38.7 Å². The monoisotopic (exact) mass is 385 g/mol. The minimum atomic E-state index is -1.26. The number of nitrogens with one attached hydrogen (secondary N) is 1. The molecule has 1 aromatic carbocycles. The molecule has 3 aliphatic rings. The Morgan fingerprint density at radius 1 is 1.29 bits per heavy atom. The van der Waals surface area contributed by atoms with E-state index in [2.05, 4.69) is 5.32 Å². The van der Waals surface area contributed by atoms with Crippen LogP contribution >= 0.6 is 0 Å². The molecule has 2 aliphatic heterocycles. The van der Waals surface area contributed by atoms with Gasteiger partial charge in [-0.15, -0.1) is 0 Å². The first-order valence-corrected chi connectivity index (χ1v) is 9.47. The van der Waals surface area contributed by atoms with Crippen molar-refractivity contribution in [3.63, 3.8) is 0 Å². The molecule has 1 unspecified atom stereocenters. The molecule has 0 bridgehead atoms. The quantitative estimate of drug-likeness (QED) is 0.784. The largest absolute Gasteiger partial charge is 0.454 e. The van der Waals surface area contributed by atoms with Crippen molar-refractivity contribution >= 4 is 17.8 Å². The molecule has 0 radical (unpaired) electrons. The molecule has 148 valence electrons. The Balaban J connectivity index is 1.54. The average Bonchev–Trinajstić information content (AvgIpc) is 3.40. The summed E-state index contributed by atoms with van der Waals surface area (Å²) in [7, 11) is 0. The molecule has 28 heavy (non-hydrogen) atoms. The van der Waals surface area contributed by atoms with Gasteiger partial charge in [-0.1, -0.05) is 12.1 Å². The molecule has 1 N–H and O–H groups in total. The minimum absolute atomic E-state index is 0.124. The first-order valence-electron chi connectivity index (χ1n) is 9.47. The summed E-state index contributed by atoms with van der Waals surface area (Å²) in [5, 5.41) is 2.73. The van der Waals surface area contributed by atoms with Crippen molar-refractivity contribution in [3.05, 3.63) is 35.5 Å². The SMILES string of the molecule is CCN(C(=O)CN1C(=O)NC(C)(c2ccc3c(c2)OCO3)C1=O)C1=CCCC1. The van der Waals surface area contributed by atoms with Crippen LogP contribution in [0.2, 0.25) is 0 Å². The molecule has 4 rings (SSSR count). The summed E-state index contributed by atoms with van der Waals surface area (Å²) < 4.78 is 10.7. The topological polar surface area (TPSA) is 88.2 Å². The third kappa shape index (κ3) is 2.89. The summed E-state index contributed by atoms with van der Waals surface area (Å²) in [6, 6.07) is 4.54. The number of amides is 4. The van der Waals surface area contributed by atoms with E-state index in [0.717, 1.165) is 29.9 Å². The molecule has 1 atom stereocenters. The van der Waals surface area contributed by atoms with E-state index in [1.807, 2.05) is 13.0 Å². The predicted molar refractivity (Wildman–Crippen MR) is 99.5 cm³/mol. The first kappa shape index (κ1) is 18.3. The molecule has 8 nitrogen and oxygen atoms in total. The van der Waals surface area contributed by atoms with Crippen LogP contribution in [0.3, 0.4) is 0 Å². The number of benzene rings is 1. The number of nitrogens with zero attached hydrogens (tertiary/aromatic N) is 2. The molecule has 0 spiro atoms. The van der Waals surface area contributed by atoms with Crippen LogP contribution in [0, 0.1) is 0 Å². The number of allylic oxidation sites excluding steroid dienone is 2. The molecule has 1 fully saturated rings. The lowest BCUT2D eigenvalue weighted by atomic mass is 9.91. The van der Waals surface area contributed by atoms with Crippen LogP contribution in [0.15, 0.2) is 30.0 Å². The fourth-order valence-corrected chi connectivity index (χ4v) is 3.90. The minimum Gasteiger partial charge on any atom is -0.454 e. The van der Waals surface area contributed by atoms with E-state index in [-0.39, 0.29) is 19.2 Å². The molecule has 0 saturated carbocycles. The van der Waals surface area contributed by atoms with Gasteiger partial charge < -0.3 is 19.7 Å². The van der Waals surface area contributed by atoms with Gasteiger partial charge in [-0.3, -0.25) is 14.5 Å². The van der Waals surface area contributed by atoms with Crippen LogP contribution in [0.4, 0.5) is 4.79 Å². The van der Waals surface area contributed by atoms with E-state index >= 15 is 0 Å². The summed E-state index contributed by atoms with van der Waals surface area (Å²) >= 11 is 0.